The van der Waals surface area contributed by atoms with E-state index in [1.165, 1.54) is 0 Å². The van der Waals surface area contributed by atoms with Crippen molar-refractivity contribution in [1.82, 2.24) is 10.3 Å². The van der Waals surface area contributed by atoms with Gasteiger partial charge in [0.25, 0.3) is 0 Å². The van der Waals surface area contributed by atoms with Crippen LogP contribution in [-0.2, 0) is 4.79 Å². The maximum atomic E-state index is 10.8. The summed E-state index contributed by atoms with van der Waals surface area (Å²) in [4.78, 5) is 15.0. The van der Waals surface area contributed by atoms with Crippen molar-refractivity contribution < 1.29 is 9.90 Å². The van der Waals surface area contributed by atoms with E-state index in [0.29, 0.717) is 0 Å². The fourth-order valence-corrected chi connectivity index (χ4v) is 2.37. The molecule has 2 heterocycles. The number of carbonyl (C=O) groups is 1. The Morgan fingerprint density at radius 3 is 3.14 bits per heavy atom. The van der Waals surface area contributed by atoms with Gasteiger partial charge in [0.2, 0.25) is 0 Å². The predicted molar refractivity (Wildman–Crippen MR) is 53.3 cm³/mol. The molecule has 14 heavy (non-hydrogen) atoms. The van der Waals surface area contributed by atoms with E-state index < -0.39 is 12.0 Å². The topological polar surface area (TPSA) is 62.2 Å². The first-order chi connectivity index (χ1) is 6.77. The van der Waals surface area contributed by atoms with Gasteiger partial charge in [-0.05, 0) is 19.3 Å². The number of nitrogens with one attached hydrogen (secondary N) is 1. The average Bonchev–Trinajstić information content (AvgIpc) is 2.71. The molecule has 1 fully saturated rings. The molecule has 5 heteroatoms. The van der Waals surface area contributed by atoms with E-state index in [0.717, 1.165) is 25.0 Å². The van der Waals surface area contributed by atoms with Crippen LogP contribution in [0.4, 0.5) is 0 Å². The van der Waals surface area contributed by atoms with E-state index in [1.54, 1.807) is 16.8 Å². The third kappa shape index (κ3) is 1.93. The molecule has 2 N–H and O–H groups in total. The highest BCUT2D eigenvalue weighted by Gasteiger charge is 2.27. The molecule has 0 saturated carbocycles. The van der Waals surface area contributed by atoms with Crippen molar-refractivity contribution in [2.24, 2.45) is 0 Å². The number of hydrogen-bond donors (Lipinski definition) is 2. The number of aliphatic carboxylic acids is 1. The lowest BCUT2D eigenvalue weighted by Crippen LogP contribution is -2.42. The van der Waals surface area contributed by atoms with Crippen molar-refractivity contribution >= 4 is 17.3 Å². The summed E-state index contributed by atoms with van der Waals surface area (Å²) in [6, 6.07) is -0.286. The van der Waals surface area contributed by atoms with Gasteiger partial charge in [0.15, 0.2) is 0 Å². The number of hydrogen-bond acceptors (Lipinski definition) is 4. The molecule has 1 saturated heterocycles. The zero-order valence-electron chi connectivity index (χ0n) is 7.64. The minimum Gasteiger partial charge on any atom is -0.480 e. The number of rotatable bonds is 2. The van der Waals surface area contributed by atoms with Gasteiger partial charge < -0.3 is 5.11 Å². The SMILES string of the molecule is O=C(O)C1CCCC(c2cscn2)N1. The summed E-state index contributed by atoms with van der Waals surface area (Å²) >= 11 is 1.54. The first-order valence-corrected chi connectivity index (χ1v) is 5.58. The van der Waals surface area contributed by atoms with Crippen LogP contribution < -0.4 is 5.32 Å². The highest BCUT2D eigenvalue weighted by Crippen LogP contribution is 2.25. The largest absolute Gasteiger partial charge is 0.480 e. The van der Waals surface area contributed by atoms with Crippen molar-refractivity contribution in [3.63, 3.8) is 0 Å². The molecule has 0 bridgehead atoms. The van der Waals surface area contributed by atoms with Crippen molar-refractivity contribution in [3.8, 4) is 0 Å². The molecule has 76 valence electrons. The number of carboxylic acids is 1. The standard InChI is InChI=1S/C9H12N2O2S/c12-9(13)7-3-1-2-6(11-7)8-4-14-5-10-8/h4-7,11H,1-3H2,(H,12,13). The summed E-state index contributed by atoms with van der Waals surface area (Å²) in [5.41, 5.74) is 2.75. The van der Waals surface area contributed by atoms with E-state index in [1.807, 2.05) is 5.38 Å². The molecule has 1 aliphatic heterocycles. The summed E-state index contributed by atoms with van der Waals surface area (Å²) in [6.07, 6.45) is 2.65. The monoisotopic (exact) mass is 212 g/mol. The van der Waals surface area contributed by atoms with Crippen LogP contribution in [0.2, 0.25) is 0 Å². The van der Waals surface area contributed by atoms with Gasteiger partial charge in [-0.1, -0.05) is 0 Å². The van der Waals surface area contributed by atoms with Gasteiger partial charge in [0.05, 0.1) is 17.2 Å². The van der Waals surface area contributed by atoms with Gasteiger partial charge in [-0.3, -0.25) is 10.1 Å². The Labute approximate surface area is 86.0 Å². The summed E-state index contributed by atoms with van der Waals surface area (Å²) in [5.74, 6) is -0.759. The molecule has 2 rings (SSSR count). The molecule has 0 radical (unpaired) electrons. The molecule has 1 aromatic heterocycles. The number of nitrogens with zero attached hydrogens (tertiary/aromatic N) is 1. The Bertz CT molecular complexity index is 313. The maximum absolute atomic E-state index is 10.8. The number of aromatic nitrogens is 1. The minimum absolute atomic E-state index is 0.121. The lowest BCUT2D eigenvalue weighted by molar-refractivity contribution is -0.140. The zero-order valence-corrected chi connectivity index (χ0v) is 8.46. The van der Waals surface area contributed by atoms with Crippen LogP contribution in [0.3, 0.4) is 0 Å². The normalized spacial score (nSPS) is 27.4. The molecule has 0 aromatic carbocycles. The molecule has 2 atom stereocenters. The maximum Gasteiger partial charge on any atom is 0.320 e. The second kappa shape index (κ2) is 4.06. The van der Waals surface area contributed by atoms with Crippen LogP contribution in [0, 0.1) is 0 Å². The Kier molecular flexibility index (Phi) is 2.79. The molecule has 4 nitrogen and oxygen atoms in total. The molecule has 0 aliphatic carbocycles. The molecule has 1 aromatic rings. The van der Waals surface area contributed by atoms with Gasteiger partial charge in [0, 0.05) is 5.38 Å². The first-order valence-electron chi connectivity index (χ1n) is 4.64. The Hall–Kier alpha value is -0.940. The first kappa shape index (κ1) is 9.61. The zero-order chi connectivity index (χ0) is 9.97. The summed E-state index contributed by atoms with van der Waals surface area (Å²) in [7, 11) is 0. The molecule has 1 aliphatic rings. The smallest absolute Gasteiger partial charge is 0.320 e. The van der Waals surface area contributed by atoms with Gasteiger partial charge >= 0.3 is 5.97 Å². The Balaban J connectivity index is 2.04. The second-order valence-corrected chi connectivity index (χ2v) is 4.17. The van der Waals surface area contributed by atoms with Crippen molar-refractivity contribution in [2.75, 3.05) is 0 Å². The molecular weight excluding hydrogens is 200 g/mol. The van der Waals surface area contributed by atoms with Crippen molar-refractivity contribution in [2.45, 2.75) is 31.3 Å². The van der Waals surface area contributed by atoms with Crippen LogP contribution in [0.5, 0.6) is 0 Å². The molecule has 0 amide bonds. The lowest BCUT2D eigenvalue weighted by atomic mass is 9.97. The van der Waals surface area contributed by atoms with Crippen LogP contribution in [0.25, 0.3) is 0 Å². The predicted octanol–water partition coefficient (Wildman–Crippen LogP) is 1.41. The summed E-state index contributed by atoms with van der Waals surface area (Å²) < 4.78 is 0. The van der Waals surface area contributed by atoms with E-state index >= 15 is 0 Å². The number of thiazole rings is 1. The average molecular weight is 212 g/mol. The Morgan fingerprint density at radius 1 is 1.64 bits per heavy atom. The van der Waals surface area contributed by atoms with Crippen molar-refractivity contribution in [1.29, 1.82) is 0 Å². The van der Waals surface area contributed by atoms with Crippen LogP contribution in [0.1, 0.15) is 31.0 Å². The molecule has 0 spiro atoms. The minimum atomic E-state index is -0.759. The van der Waals surface area contributed by atoms with Crippen LogP contribution >= 0.6 is 11.3 Å². The second-order valence-electron chi connectivity index (χ2n) is 3.45. The van der Waals surface area contributed by atoms with Gasteiger partial charge in [-0.2, -0.15) is 0 Å². The third-order valence-electron chi connectivity index (χ3n) is 2.49. The van der Waals surface area contributed by atoms with Gasteiger partial charge in [-0.15, -0.1) is 11.3 Å². The summed E-state index contributed by atoms with van der Waals surface area (Å²) in [5, 5.41) is 13.9. The fraction of sp³-hybridized carbons (Fsp3) is 0.556. The van der Waals surface area contributed by atoms with Gasteiger partial charge in [-0.25, -0.2) is 4.98 Å². The molecule has 2 unspecified atom stereocenters. The number of carboxylic acid groups (broad SMARTS) is 1. The van der Waals surface area contributed by atoms with Gasteiger partial charge in [0.1, 0.15) is 6.04 Å². The Morgan fingerprint density at radius 2 is 2.50 bits per heavy atom. The number of piperidine rings is 1. The quantitative estimate of drug-likeness (QED) is 0.778. The van der Waals surface area contributed by atoms with Crippen LogP contribution in [-0.4, -0.2) is 22.1 Å². The van der Waals surface area contributed by atoms with E-state index in [-0.39, 0.29) is 6.04 Å². The fourth-order valence-electron chi connectivity index (χ4n) is 1.76. The molecular formula is C9H12N2O2S. The highest BCUT2D eigenvalue weighted by molar-refractivity contribution is 7.07. The summed E-state index contributed by atoms with van der Waals surface area (Å²) in [6.45, 7) is 0. The van der Waals surface area contributed by atoms with E-state index in [4.69, 9.17) is 5.11 Å². The van der Waals surface area contributed by atoms with Crippen LogP contribution in [0.15, 0.2) is 10.9 Å². The highest BCUT2D eigenvalue weighted by atomic mass is 32.1. The van der Waals surface area contributed by atoms with E-state index in [2.05, 4.69) is 10.3 Å². The lowest BCUT2D eigenvalue weighted by Gasteiger charge is -2.27. The third-order valence-corrected chi connectivity index (χ3v) is 3.10. The van der Waals surface area contributed by atoms with Crippen molar-refractivity contribution in [3.05, 3.63) is 16.6 Å². The van der Waals surface area contributed by atoms with E-state index in [9.17, 15) is 4.79 Å².